The van der Waals surface area contributed by atoms with Crippen LogP contribution in [-0.4, -0.2) is 16.8 Å². The molecule has 0 atom stereocenters. The van der Waals surface area contributed by atoms with Crippen LogP contribution in [0.2, 0.25) is 0 Å². The van der Waals surface area contributed by atoms with Crippen LogP contribution in [0.3, 0.4) is 0 Å². The van der Waals surface area contributed by atoms with Gasteiger partial charge in [0.1, 0.15) is 0 Å². The molecule has 0 spiro atoms. The average molecular weight is 176 g/mol. The van der Waals surface area contributed by atoms with Gasteiger partial charge in [-0.2, -0.15) is 24.0 Å². The molecule has 4 heteroatoms. The summed E-state index contributed by atoms with van der Waals surface area (Å²) in [6.45, 7) is 0. The zero-order chi connectivity index (χ0) is 7.82. The summed E-state index contributed by atoms with van der Waals surface area (Å²) < 4.78 is 0. The van der Waals surface area contributed by atoms with Crippen LogP contribution in [0.15, 0.2) is 22.9 Å². The minimum absolute atomic E-state index is 0.0833. The number of thiol groups is 1. The van der Waals surface area contributed by atoms with E-state index in [1.165, 1.54) is 0 Å². The Hall–Kier alpha value is -0.480. The number of carboxylic acid groups (broad SMARTS) is 1. The smallest absolute Gasteiger partial charge is 0.313 e. The molecule has 56 valence electrons. The topological polar surface area (TPSA) is 37.3 Å². The first-order valence-corrected chi connectivity index (χ1v) is 4.14. The monoisotopic (exact) mass is 176 g/mol. The van der Waals surface area contributed by atoms with Gasteiger partial charge in [-0.25, -0.2) is 0 Å². The molecule has 0 saturated heterocycles. The van der Waals surface area contributed by atoms with Crippen molar-refractivity contribution in [3.63, 3.8) is 0 Å². The first-order chi connectivity index (χ1) is 4.77. The summed E-state index contributed by atoms with van der Waals surface area (Å²) in [5, 5.41) is 11.7. The molecule has 0 aromatic carbocycles. The van der Waals surface area contributed by atoms with Crippen LogP contribution in [0.5, 0.6) is 0 Å². The summed E-state index contributed by atoms with van der Waals surface area (Å²) >= 11 is 5.13. The quantitative estimate of drug-likeness (QED) is 0.640. The SMILES string of the molecule is O=C(O)CS.c1ccsc1. The standard InChI is InChI=1S/C4H4S.C2H4O2S/c1-2-4-5-3-1;3-2(4)1-5/h1-4H;5H,1H2,(H,3,4). The molecule has 10 heavy (non-hydrogen) atoms. The molecule has 0 unspecified atom stereocenters. The Kier molecular flexibility index (Phi) is 6.32. The van der Waals surface area contributed by atoms with Gasteiger partial charge in [0.05, 0.1) is 5.75 Å². The van der Waals surface area contributed by atoms with E-state index in [9.17, 15) is 4.79 Å². The van der Waals surface area contributed by atoms with E-state index in [2.05, 4.69) is 12.6 Å². The van der Waals surface area contributed by atoms with E-state index >= 15 is 0 Å². The fourth-order valence-electron chi connectivity index (χ4n) is 0.227. The van der Waals surface area contributed by atoms with Crippen LogP contribution in [0.25, 0.3) is 0 Å². The van der Waals surface area contributed by atoms with Gasteiger partial charge in [0.15, 0.2) is 0 Å². The van der Waals surface area contributed by atoms with Gasteiger partial charge in [0, 0.05) is 0 Å². The molecule has 0 saturated carbocycles. The predicted octanol–water partition coefficient (Wildman–Crippen LogP) is 1.75. The maximum absolute atomic E-state index is 9.29. The summed E-state index contributed by atoms with van der Waals surface area (Å²) in [6.07, 6.45) is 0. The second-order valence-corrected chi connectivity index (χ2v) is 2.48. The van der Waals surface area contributed by atoms with Crippen molar-refractivity contribution in [2.24, 2.45) is 0 Å². The first-order valence-electron chi connectivity index (χ1n) is 2.57. The largest absolute Gasteiger partial charge is 0.481 e. The lowest BCUT2D eigenvalue weighted by molar-refractivity contribution is -0.133. The summed E-state index contributed by atoms with van der Waals surface area (Å²) in [6, 6.07) is 4.04. The second-order valence-electron chi connectivity index (χ2n) is 1.35. The van der Waals surface area contributed by atoms with Crippen molar-refractivity contribution in [1.29, 1.82) is 0 Å². The van der Waals surface area contributed by atoms with Crippen molar-refractivity contribution in [2.75, 3.05) is 5.75 Å². The maximum atomic E-state index is 9.29. The van der Waals surface area contributed by atoms with Crippen LogP contribution in [-0.2, 0) is 4.79 Å². The van der Waals surface area contributed by atoms with Crippen LogP contribution >= 0.6 is 24.0 Å². The molecule has 0 aliphatic carbocycles. The summed E-state index contributed by atoms with van der Waals surface area (Å²) in [5.74, 6) is -0.965. The van der Waals surface area contributed by atoms with E-state index in [1.54, 1.807) is 11.3 Å². The molecule has 2 nitrogen and oxygen atoms in total. The highest BCUT2D eigenvalue weighted by atomic mass is 32.1. The number of aliphatic carboxylic acids is 1. The van der Waals surface area contributed by atoms with E-state index in [4.69, 9.17) is 5.11 Å². The average Bonchev–Trinajstić information content (AvgIpc) is 2.43. The van der Waals surface area contributed by atoms with Crippen LogP contribution in [0.1, 0.15) is 0 Å². The van der Waals surface area contributed by atoms with Crippen molar-refractivity contribution in [2.45, 2.75) is 0 Å². The molecule has 1 aromatic heterocycles. The van der Waals surface area contributed by atoms with Gasteiger partial charge in [-0.15, -0.1) is 0 Å². The Bertz CT molecular complexity index is 143. The minimum Gasteiger partial charge on any atom is -0.481 e. The predicted molar refractivity (Wildman–Crippen MR) is 45.8 cm³/mol. The normalized spacial score (nSPS) is 7.70. The number of carbonyl (C=O) groups is 1. The van der Waals surface area contributed by atoms with Crippen LogP contribution in [0.4, 0.5) is 0 Å². The van der Waals surface area contributed by atoms with E-state index in [-0.39, 0.29) is 5.75 Å². The zero-order valence-electron chi connectivity index (χ0n) is 5.23. The van der Waals surface area contributed by atoms with Crippen molar-refractivity contribution in [1.82, 2.24) is 0 Å². The third-order valence-corrected chi connectivity index (χ3v) is 1.46. The summed E-state index contributed by atoms with van der Waals surface area (Å²) in [7, 11) is 0. The fourth-order valence-corrected chi connectivity index (χ4v) is 0.680. The highest BCUT2D eigenvalue weighted by Crippen LogP contribution is 1.91. The Labute approximate surface area is 68.9 Å². The van der Waals surface area contributed by atoms with Crippen molar-refractivity contribution >= 4 is 29.9 Å². The lowest BCUT2D eigenvalue weighted by atomic mass is 10.7. The molecule has 1 rings (SSSR count). The maximum Gasteiger partial charge on any atom is 0.313 e. The van der Waals surface area contributed by atoms with E-state index in [0.29, 0.717) is 0 Å². The molecule has 0 radical (unpaired) electrons. The van der Waals surface area contributed by atoms with Crippen molar-refractivity contribution < 1.29 is 9.90 Å². The highest BCUT2D eigenvalue weighted by Gasteiger charge is 1.81. The Morgan fingerprint density at radius 3 is 2.00 bits per heavy atom. The molecule has 0 aliphatic heterocycles. The minimum atomic E-state index is -0.881. The van der Waals surface area contributed by atoms with Gasteiger partial charge in [0.25, 0.3) is 0 Å². The third-order valence-electron chi connectivity index (χ3n) is 0.561. The number of hydrogen-bond donors (Lipinski definition) is 2. The highest BCUT2D eigenvalue weighted by molar-refractivity contribution is 7.81. The summed E-state index contributed by atoms with van der Waals surface area (Å²) in [5.41, 5.74) is 0. The van der Waals surface area contributed by atoms with Crippen molar-refractivity contribution in [3.05, 3.63) is 22.9 Å². The molecule has 0 bridgehead atoms. The second kappa shape index (κ2) is 6.64. The lowest BCUT2D eigenvalue weighted by Gasteiger charge is -1.71. The molecular weight excluding hydrogens is 168 g/mol. The molecule has 0 fully saturated rings. The number of rotatable bonds is 1. The van der Waals surface area contributed by atoms with Crippen LogP contribution < -0.4 is 0 Å². The molecule has 0 aliphatic rings. The first kappa shape index (κ1) is 9.52. The Morgan fingerprint density at radius 2 is 1.90 bits per heavy atom. The number of thiophene rings is 1. The summed E-state index contributed by atoms with van der Waals surface area (Å²) in [4.78, 5) is 9.29. The van der Waals surface area contributed by atoms with Gasteiger partial charge in [0.2, 0.25) is 0 Å². The van der Waals surface area contributed by atoms with E-state index < -0.39 is 5.97 Å². The van der Waals surface area contributed by atoms with Crippen LogP contribution in [0, 0.1) is 0 Å². The molecule has 1 N–H and O–H groups in total. The van der Waals surface area contributed by atoms with Gasteiger partial charge >= 0.3 is 5.97 Å². The van der Waals surface area contributed by atoms with Gasteiger partial charge in [-0.05, 0) is 10.8 Å². The third kappa shape index (κ3) is 7.52. The van der Waals surface area contributed by atoms with Gasteiger partial charge < -0.3 is 5.11 Å². The van der Waals surface area contributed by atoms with Gasteiger partial charge in [-0.1, -0.05) is 12.1 Å². The van der Waals surface area contributed by atoms with E-state index in [1.807, 2.05) is 22.9 Å². The number of hydrogen-bond acceptors (Lipinski definition) is 3. The van der Waals surface area contributed by atoms with Crippen molar-refractivity contribution in [3.8, 4) is 0 Å². The lowest BCUT2D eigenvalue weighted by Crippen LogP contribution is -1.92. The van der Waals surface area contributed by atoms with Gasteiger partial charge in [-0.3, -0.25) is 4.79 Å². The Morgan fingerprint density at radius 1 is 1.50 bits per heavy atom. The molecule has 1 aromatic rings. The molecule has 1 heterocycles. The fraction of sp³-hybridized carbons (Fsp3) is 0.167. The Balaban J connectivity index is 0.000000162. The number of carboxylic acids is 1. The molecular formula is C6H8O2S2. The zero-order valence-corrected chi connectivity index (χ0v) is 6.94. The molecule has 0 amide bonds. The van der Waals surface area contributed by atoms with E-state index in [0.717, 1.165) is 0 Å².